The number of aryl methyl sites for hydroxylation is 3. The number of amides is 2. The van der Waals surface area contributed by atoms with Crippen molar-refractivity contribution in [1.82, 2.24) is 0 Å². The van der Waals surface area contributed by atoms with Gasteiger partial charge in [0.2, 0.25) is 5.91 Å². The number of anilines is 2. The smallest absolute Gasteiger partial charge is 0.262 e. The molecule has 0 unspecified atom stereocenters. The third-order valence-electron chi connectivity index (χ3n) is 6.54. The molecule has 0 fully saturated rings. The van der Waals surface area contributed by atoms with Gasteiger partial charge in [-0.15, -0.1) is 11.6 Å². The molecule has 0 spiro atoms. The van der Waals surface area contributed by atoms with Crippen molar-refractivity contribution in [3.8, 4) is 17.2 Å². The summed E-state index contributed by atoms with van der Waals surface area (Å²) in [5.41, 5.74) is 4.96. The first-order valence-electron chi connectivity index (χ1n) is 12.7. The summed E-state index contributed by atoms with van der Waals surface area (Å²) >= 11 is 5.75. The van der Waals surface area contributed by atoms with Crippen LogP contribution in [0.5, 0.6) is 17.2 Å². The number of ether oxygens (including phenoxy) is 3. The molecule has 4 rings (SSSR count). The van der Waals surface area contributed by atoms with E-state index in [0.29, 0.717) is 12.3 Å². The van der Waals surface area contributed by atoms with E-state index in [1.165, 1.54) is 5.56 Å². The van der Waals surface area contributed by atoms with Crippen molar-refractivity contribution in [3.63, 3.8) is 0 Å². The quantitative estimate of drug-likeness (QED) is 0.331. The number of nitrogens with one attached hydrogen (secondary N) is 1. The number of carbonyl (C=O) groups excluding carboxylic acids is 2. The Kier molecular flexibility index (Phi) is 9.49. The van der Waals surface area contributed by atoms with Gasteiger partial charge in [0.25, 0.3) is 5.91 Å². The molecule has 0 aromatic heterocycles. The minimum atomic E-state index is -0.232. The van der Waals surface area contributed by atoms with E-state index in [0.717, 1.165) is 66.1 Å². The van der Waals surface area contributed by atoms with Crippen molar-refractivity contribution in [2.24, 2.45) is 0 Å². The van der Waals surface area contributed by atoms with Gasteiger partial charge in [-0.2, -0.15) is 0 Å². The minimum Gasteiger partial charge on any atom is -0.493 e. The summed E-state index contributed by atoms with van der Waals surface area (Å²) in [5, 5.41) is 2.92. The number of carbonyl (C=O) groups is 2. The van der Waals surface area contributed by atoms with Crippen LogP contribution in [0.25, 0.3) is 0 Å². The molecule has 0 atom stereocenters. The van der Waals surface area contributed by atoms with E-state index in [-0.39, 0.29) is 24.3 Å². The standard InChI is InChI=1S/C30H33ClN2O5/c1-36-27-14-11-22(17-28(27)37-2)7-3-6-21-8-4-10-24(16-21)32-29(34)20-38-25-12-13-26-23(18-25)9-5-15-33(26)30(35)19-31/h4,8,10-14,16-18H,3,5-7,9,15,19-20H2,1-2H3,(H,32,34). The maximum absolute atomic E-state index is 12.6. The molecule has 200 valence electrons. The molecule has 0 aliphatic carbocycles. The van der Waals surface area contributed by atoms with Crippen LogP contribution in [0.4, 0.5) is 11.4 Å². The number of nitrogens with zero attached hydrogens (tertiary/aromatic N) is 1. The molecule has 3 aromatic carbocycles. The summed E-state index contributed by atoms with van der Waals surface area (Å²) in [6, 6.07) is 19.4. The lowest BCUT2D eigenvalue weighted by Gasteiger charge is -2.29. The molecule has 0 saturated carbocycles. The van der Waals surface area contributed by atoms with Crippen molar-refractivity contribution in [2.45, 2.75) is 32.1 Å². The second kappa shape index (κ2) is 13.2. The molecule has 1 heterocycles. The van der Waals surface area contributed by atoms with Crippen LogP contribution in [0.15, 0.2) is 60.7 Å². The Labute approximate surface area is 228 Å². The highest BCUT2D eigenvalue weighted by molar-refractivity contribution is 6.29. The predicted octanol–water partition coefficient (Wildman–Crippen LogP) is 5.41. The number of fused-ring (bicyclic) bond motifs is 1. The van der Waals surface area contributed by atoms with Gasteiger partial charge in [-0.25, -0.2) is 0 Å². The maximum atomic E-state index is 12.6. The molecule has 3 aromatic rings. The average Bonchev–Trinajstić information content (AvgIpc) is 2.95. The highest BCUT2D eigenvalue weighted by Gasteiger charge is 2.22. The van der Waals surface area contributed by atoms with Crippen LogP contribution in [0.1, 0.15) is 29.5 Å². The van der Waals surface area contributed by atoms with E-state index in [9.17, 15) is 9.59 Å². The lowest BCUT2D eigenvalue weighted by Crippen LogP contribution is -2.36. The Balaban J connectivity index is 1.27. The monoisotopic (exact) mass is 536 g/mol. The zero-order chi connectivity index (χ0) is 26.9. The zero-order valence-electron chi connectivity index (χ0n) is 21.8. The van der Waals surface area contributed by atoms with Gasteiger partial charge < -0.3 is 24.4 Å². The second-order valence-corrected chi connectivity index (χ2v) is 9.42. The molecule has 7 nitrogen and oxygen atoms in total. The molecule has 0 bridgehead atoms. The summed E-state index contributed by atoms with van der Waals surface area (Å²) in [5.74, 6) is 1.67. The molecule has 0 saturated heterocycles. The first kappa shape index (κ1) is 27.3. The molecule has 38 heavy (non-hydrogen) atoms. The minimum absolute atomic E-state index is 0.0447. The van der Waals surface area contributed by atoms with Crippen molar-refractivity contribution < 1.29 is 23.8 Å². The van der Waals surface area contributed by atoms with Crippen LogP contribution in [-0.4, -0.2) is 45.1 Å². The molecular formula is C30H33ClN2O5. The van der Waals surface area contributed by atoms with Gasteiger partial charge in [-0.1, -0.05) is 18.2 Å². The number of halogens is 1. The van der Waals surface area contributed by atoms with Gasteiger partial charge in [-0.3, -0.25) is 9.59 Å². The van der Waals surface area contributed by atoms with Gasteiger partial charge >= 0.3 is 0 Å². The van der Waals surface area contributed by atoms with Crippen LogP contribution >= 0.6 is 11.6 Å². The summed E-state index contributed by atoms with van der Waals surface area (Å²) in [4.78, 5) is 26.4. The predicted molar refractivity (Wildman–Crippen MR) is 150 cm³/mol. The van der Waals surface area contributed by atoms with Gasteiger partial charge in [-0.05, 0) is 91.3 Å². The van der Waals surface area contributed by atoms with Crippen molar-refractivity contribution in [1.29, 1.82) is 0 Å². The van der Waals surface area contributed by atoms with Crippen LogP contribution in [0.2, 0.25) is 0 Å². The van der Waals surface area contributed by atoms with Crippen molar-refractivity contribution >= 4 is 34.8 Å². The fourth-order valence-electron chi connectivity index (χ4n) is 4.68. The molecular weight excluding hydrogens is 504 g/mol. The van der Waals surface area contributed by atoms with Gasteiger partial charge in [0, 0.05) is 17.9 Å². The normalized spacial score (nSPS) is 12.4. The second-order valence-electron chi connectivity index (χ2n) is 9.15. The van der Waals surface area contributed by atoms with Crippen LogP contribution in [-0.2, 0) is 28.9 Å². The van der Waals surface area contributed by atoms with Crippen molar-refractivity contribution in [2.75, 3.05) is 43.5 Å². The Morgan fingerprint density at radius 2 is 1.74 bits per heavy atom. The fraction of sp³-hybridized carbons (Fsp3) is 0.333. The Morgan fingerprint density at radius 3 is 2.50 bits per heavy atom. The summed E-state index contributed by atoms with van der Waals surface area (Å²) in [6.45, 7) is 0.559. The Hall–Kier alpha value is -3.71. The summed E-state index contributed by atoms with van der Waals surface area (Å²) < 4.78 is 16.4. The SMILES string of the molecule is COc1ccc(CCCc2cccc(NC(=O)COc3ccc4c(c3)CCCN4C(=O)CCl)c2)cc1OC. The zero-order valence-corrected chi connectivity index (χ0v) is 22.6. The third kappa shape index (κ3) is 6.98. The van der Waals surface area contributed by atoms with E-state index in [4.69, 9.17) is 25.8 Å². The lowest BCUT2D eigenvalue weighted by molar-refractivity contribution is -0.118. The largest absolute Gasteiger partial charge is 0.493 e. The number of rotatable bonds is 11. The maximum Gasteiger partial charge on any atom is 0.262 e. The number of hydrogen-bond acceptors (Lipinski definition) is 5. The number of hydrogen-bond donors (Lipinski definition) is 1. The molecule has 1 aliphatic heterocycles. The van der Waals surface area contributed by atoms with Gasteiger partial charge in [0.15, 0.2) is 18.1 Å². The third-order valence-corrected chi connectivity index (χ3v) is 6.77. The number of benzene rings is 3. The molecule has 1 aliphatic rings. The van der Waals surface area contributed by atoms with Crippen molar-refractivity contribution in [3.05, 3.63) is 77.4 Å². The van der Waals surface area contributed by atoms with E-state index >= 15 is 0 Å². The topological polar surface area (TPSA) is 77.1 Å². The molecule has 0 radical (unpaired) electrons. The molecule has 8 heteroatoms. The van der Waals surface area contributed by atoms with Crippen LogP contribution in [0.3, 0.4) is 0 Å². The molecule has 2 amide bonds. The summed E-state index contributed by atoms with van der Waals surface area (Å²) in [7, 11) is 3.27. The Morgan fingerprint density at radius 1 is 0.947 bits per heavy atom. The van der Waals surface area contributed by atoms with Gasteiger partial charge in [0.1, 0.15) is 11.6 Å². The highest BCUT2D eigenvalue weighted by atomic mass is 35.5. The van der Waals surface area contributed by atoms with Gasteiger partial charge in [0.05, 0.1) is 14.2 Å². The average molecular weight is 537 g/mol. The van der Waals surface area contributed by atoms with E-state index in [2.05, 4.69) is 17.4 Å². The summed E-state index contributed by atoms with van der Waals surface area (Å²) in [6.07, 6.45) is 4.46. The van der Waals surface area contributed by atoms with Crippen LogP contribution in [0, 0.1) is 0 Å². The highest BCUT2D eigenvalue weighted by Crippen LogP contribution is 2.31. The first-order valence-corrected chi connectivity index (χ1v) is 13.3. The fourth-order valence-corrected chi connectivity index (χ4v) is 4.82. The lowest BCUT2D eigenvalue weighted by atomic mass is 10.0. The van der Waals surface area contributed by atoms with Crippen LogP contribution < -0.4 is 24.4 Å². The van der Waals surface area contributed by atoms with E-state index in [1.807, 2.05) is 42.5 Å². The Bertz CT molecular complexity index is 1280. The molecule has 1 N–H and O–H groups in total. The van der Waals surface area contributed by atoms with E-state index < -0.39 is 0 Å². The number of alkyl halides is 1. The number of methoxy groups -OCH3 is 2. The van der Waals surface area contributed by atoms with E-state index in [1.54, 1.807) is 25.2 Å². The first-order chi connectivity index (χ1) is 18.5.